The molecular formula is C41H48O11. The number of methoxy groups -OCH3 is 1. The smallest absolute Gasteiger partial charge is 0.187 e. The molecule has 2 aliphatic rings. The lowest BCUT2D eigenvalue weighted by Gasteiger charge is -2.46. The summed E-state index contributed by atoms with van der Waals surface area (Å²) in [7, 11) is 1.35. The molecule has 278 valence electrons. The van der Waals surface area contributed by atoms with Gasteiger partial charge < -0.3 is 53.2 Å². The summed E-state index contributed by atoms with van der Waals surface area (Å²) < 4.78 is 50.3. The number of ether oxygens (including phenoxy) is 8. The van der Waals surface area contributed by atoms with Crippen LogP contribution in [0.4, 0.5) is 0 Å². The second-order valence-corrected chi connectivity index (χ2v) is 12.9. The van der Waals surface area contributed by atoms with Gasteiger partial charge in [-0.15, -0.1) is 0 Å². The van der Waals surface area contributed by atoms with Crippen LogP contribution in [-0.4, -0.2) is 97.1 Å². The normalized spacial score (nSPS) is 29.2. The Kier molecular flexibility index (Phi) is 14.3. The van der Waals surface area contributed by atoms with Crippen molar-refractivity contribution in [2.45, 2.75) is 87.8 Å². The standard InChI is InChI=1S/C41H48O11/c1-45-40-36(44)35(43)34(42)32(51-40)27-50-41-39(49-25-31-20-12-5-13-21-31)38(48-24-30-18-10-4-11-19-30)37(47-23-29-16-8-3-9-17-29)33(52-41)26-46-22-28-14-6-2-7-15-28/h2-21,32-44H,22-27H2,1H3/t32-,33-,34+,35+,36-,37-,38+,39-,40+,41-/m1/s1. The molecule has 3 N–H and O–H groups in total. The summed E-state index contributed by atoms with van der Waals surface area (Å²) in [5.41, 5.74) is 3.88. The summed E-state index contributed by atoms with van der Waals surface area (Å²) in [5, 5.41) is 31.7. The molecule has 2 aliphatic heterocycles. The van der Waals surface area contributed by atoms with Crippen LogP contribution in [0.5, 0.6) is 0 Å². The monoisotopic (exact) mass is 716 g/mol. The van der Waals surface area contributed by atoms with E-state index in [1.54, 1.807) is 0 Å². The second-order valence-electron chi connectivity index (χ2n) is 12.9. The third-order valence-electron chi connectivity index (χ3n) is 9.17. The summed E-state index contributed by atoms with van der Waals surface area (Å²) in [6, 6.07) is 39.3. The maximum absolute atomic E-state index is 10.8. The van der Waals surface area contributed by atoms with E-state index in [1.165, 1.54) is 7.11 Å². The Balaban J connectivity index is 1.30. The summed E-state index contributed by atoms with van der Waals surface area (Å²) in [6.45, 7) is 1.04. The lowest BCUT2D eigenvalue weighted by molar-refractivity contribution is -0.343. The van der Waals surface area contributed by atoms with Gasteiger partial charge in [0.25, 0.3) is 0 Å². The van der Waals surface area contributed by atoms with Crippen LogP contribution in [0.25, 0.3) is 0 Å². The van der Waals surface area contributed by atoms with Gasteiger partial charge in [-0.2, -0.15) is 0 Å². The van der Waals surface area contributed by atoms with E-state index in [2.05, 4.69) is 0 Å². The van der Waals surface area contributed by atoms with E-state index in [0.717, 1.165) is 22.3 Å². The predicted molar refractivity (Wildman–Crippen MR) is 189 cm³/mol. The van der Waals surface area contributed by atoms with Crippen molar-refractivity contribution in [2.75, 3.05) is 20.3 Å². The van der Waals surface area contributed by atoms with Gasteiger partial charge in [0.1, 0.15) is 48.8 Å². The van der Waals surface area contributed by atoms with Gasteiger partial charge >= 0.3 is 0 Å². The minimum absolute atomic E-state index is 0.143. The molecule has 0 aromatic heterocycles. The van der Waals surface area contributed by atoms with E-state index in [9.17, 15) is 15.3 Å². The Morgan fingerprint density at radius 1 is 0.442 bits per heavy atom. The van der Waals surface area contributed by atoms with E-state index >= 15 is 0 Å². The lowest BCUT2D eigenvalue weighted by Crippen LogP contribution is -2.63. The molecule has 6 rings (SSSR count). The molecule has 4 aromatic carbocycles. The molecule has 2 saturated heterocycles. The largest absolute Gasteiger partial charge is 0.387 e. The quantitative estimate of drug-likeness (QED) is 0.146. The zero-order valence-corrected chi connectivity index (χ0v) is 29.2. The van der Waals surface area contributed by atoms with E-state index in [-0.39, 0.29) is 33.0 Å². The zero-order valence-electron chi connectivity index (χ0n) is 29.2. The van der Waals surface area contributed by atoms with Gasteiger partial charge in [-0.25, -0.2) is 0 Å². The summed E-state index contributed by atoms with van der Waals surface area (Å²) >= 11 is 0. The maximum Gasteiger partial charge on any atom is 0.187 e. The summed E-state index contributed by atoms with van der Waals surface area (Å²) in [4.78, 5) is 0. The Hall–Kier alpha value is -3.56. The first-order valence-electron chi connectivity index (χ1n) is 17.6. The molecule has 0 saturated carbocycles. The van der Waals surface area contributed by atoms with Gasteiger partial charge in [0, 0.05) is 7.11 Å². The molecular weight excluding hydrogens is 668 g/mol. The number of aliphatic hydroxyl groups is 3. The molecule has 11 nitrogen and oxygen atoms in total. The third-order valence-corrected chi connectivity index (χ3v) is 9.17. The van der Waals surface area contributed by atoms with Crippen molar-refractivity contribution < 1.29 is 53.2 Å². The van der Waals surface area contributed by atoms with Crippen LogP contribution < -0.4 is 0 Å². The van der Waals surface area contributed by atoms with Crippen molar-refractivity contribution in [1.82, 2.24) is 0 Å². The highest BCUT2D eigenvalue weighted by molar-refractivity contribution is 5.16. The number of hydrogen-bond acceptors (Lipinski definition) is 11. The fraction of sp³-hybridized carbons (Fsp3) is 0.415. The van der Waals surface area contributed by atoms with E-state index in [0.29, 0.717) is 6.61 Å². The maximum atomic E-state index is 10.8. The van der Waals surface area contributed by atoms with Gasteiger partial charge in [-0.05, 0) is 22.3 Å². The van der Waals surface area contributed by atoms with Gasteiger partial charge in [-0.3, -0.25) is 0 Å². The second kappa shape index (κ2) is 19.5. The third kappa shape index (κ3) is 10.3. The van der Waals surface area contributed by atoms with Gasteiger partial charge in [0.2, 0.25) is 0 Å². The van der Waals surface area contributed by atoms with Crippen molar-refractivity contribution in [1.29, 1.82) is 0 Å². The van der Waals surface area contributed by atoms with Crippen molar-refractivity contribution in [3.8, 4) is 0 Å². The lowest BCUT2D eigenvalue weighted by atomic mass is 9.97. The molecule has 4 aromatic rings. The molecule has 0 radical (unpaired) electrons. The molecule has 0 unspecified atom stereocenters. The Morgan fingerprint density at radius 3 is 1.38 bits per heavy atom. The Labute approximate surface area is 304 Å². The van der Waals surface area contributed by atoms with E-state index in [1.807, 2.05) is 121 Å². The number of rotatable bonds is 17. The van der Waals surface area contributed by atoms with Crippen LogP contribution in [0.2, 0.25) is 0 Å². The average molecular weight is 717 g/mol. The highest BCUT2D eigenvalue weighted by Crippen LogP contribution is 2.32. The first kappa shape index (κ1) is 38.2. The van der Waals surface area contributed by atoms with Crippen molar-refractivity contribution in [2.24, 2.45) is 0 Å². The van der Waals surface area contributed by atoms with Crippen molar-refractivity contribution in [3.05, 3.63) is 144 Å². The molecule has 11 heteroatoms. The highest BCUT2D eigenvalue weighted by Gasteiger charge is 2.50. The first-order chi connectivity index (χ1) is 25.5. The van der Waals surface area contributed by atoms with Crippen LogP contribution in [0.1, 0.15) is 22.3 Å². The van der Waals surface area contributed by atoms with Crippen LogP contribution in [0, 0.1) is 0 Å². The predicted octanol–water partition coefficient (Wildman–Crippen LogP) is 4.15. The Morgan fingerprint density at radius 2 is 0.885 bits per heavy atom. The molecule has 0 amide bonds. The molecule has 0 bridgehead atoms. The Bertz CT molecular complexity index is 1560. The van der Waals surface area contributed by atoms with Gasteiger partial charge in [0.15, 0.2) is 12.6 Å². The van der Waals surface area contributed by atoms with Crippen LogP contribution in [0.3, 0.4) is 0 Å². The van der Waals surface area contributed by atoms with Crippen molar-refractivity contribution >= 4 is 0 Å². The fourth-order valence-corrected chi connectivity index (χ4v) is 6.32. The van der Waals surface area contributed by atoms with Gasteiger partial charge in [0.05, 0.1) is 39.6 Å². The molecule has 10 atom stereocenters. The van der Waals surface area contributed by atoms with Gasteiger partial charge in [-0.1, -0.05) is 121 Å². The number of aliphatic hydroxyl groups excluding tert-OH is 3. The summed E-state index contributed by atoms with van der Waals surface area (Å²) in [6.07, 6.45) is -10.5. The SMILES string of the molecule is CO[C@H]1O[C@H](CO[C@@H]2O[C@H](COCc3ccccc3)[C@@H](OCc3ccccc3)[C@H](OCc3ccccc3)[C@H]2OCc2ccccc2)[C@H](O)[C@H](O)[C@H]1O. The molecule has 0 aliphatic carbocycles. The van der Waals surface area contributed by atoms with E-state index in [4.69, 9.17) is 37.9 Å². The molecule has 2 heterocycles. The highest BCUT2D eigenvalue weighted by atomic mass is 16.7. The topological polar surface area (TPSA) is 135 Å². The average Bonchev–Trinajstić information content (AvgIpc) is 3.19. The van der Waals surface area contributed by atoms with Crippen molar-refractivity contribution in [3.63, 3.8) is 0 Å². The first-order valence-corrected chi connectivity index (χ1v) is 17.6. The zero-order chi connectivity index (χ0) is 36.1. The summed E-state index contributed by atoms with van der Waals surface area (Å²) in [5.74, 6) is 0. The van der Waals surface area contributed by atoms with Crippen LogP contribution in [-0.2, 0) is 64.3 Å². The number of hydrogen-bond donors (Lipinski definition) is 3. The minimum Gasteiger partial charge on any atom is -0.387 e. The minimum atomic E-state index is -1.51. The van der Waals surface area contributed by atoms with Crippen LogP contribution in [0.15, 0.2) is 121 Å². The molecule has 2 fully saturated rings. The van der Waals surface area contributed by atoms with E-state index < -0.39 is 61.4 Å². The molecule has 0 spiro atoms. The number of benzene rings is 4. The van der Waals surface area contributed by atoms with Crippen LogP contribution >= 0.6 is 0 Å². The fourth-order valence-electron chi connectivity index (χ4n) is 6.32. The molecule has 52 heavy (non-hydrogen) atoms.